The number of likely N-dealkylation sites (tertiary alicyclic amines) is 1. The number of nitrogens with zero attached hydrogens (tertiary/aromatic N) is 1. The van der Waals surface area contributed by atoms with E-state index in [1.807, 2.05) is 0 Å². The molecule has 22 heavy (non-hydrogen) atoms. The molecule has 0 radical (unpaired) electrons. The van der Waals surface area contributed by atoms with Crippen LogP contribution in [-0.4, -0.2) is 47.3 Å². The van der Waals surface area contributed by atoms with Crippen LogP contribution in [0, 0.1) is 0 Å². The zero-order valence-corrected chi connectivity index (χ0v) is 14.4. The van der Waals surface area contributed by atoms with Gasteiger partial charge in [0.1, 0.15) is 0 Å². The van der Waals surface area contributed by atoms with Crippen molar-refractivity contribution >= 4 is 0 Å². The summed E-state index contributed by atoms with van der Waals surface area (Å²) in [6, 6.07) is 1.51. The van der Waals surface area contributed by atoms with Crippen LogP contribution in [-0.2, 0) is 0 Å². The molecule has 2 N–H and O–H groups in total. The van der Waals surface area contributed by atoms with E-state index >= 15 is 0 Å². The number of aliphatic hydroxyl groups is 1. The smallest absolute Gasteiger partial charge is 0.0771 e. The average Bonchev–Trinajstić information content (AvgIpc) is 2.79. The first-order valence-electron chi connectivity index (χ1n) is 9.95. The van der Waals surface area contributed by atoms with E-state index in [0.717, 1.165) is 25.4 Å². The van der Waals surface area contributed by atoms with Gasteiger partial charge in [-0.2, -0.15) is 0 Å². The lowest BCUT2D eigenvalue weighted by Crippen LogP contribution is -2.50. The lowest BCUT2D eigenvalue weighted by Gasteiger charge is -2.40. The van der Waals surface area contributed by atoms with Gasteiger partial charge in [0.15, 0.2) is 0 Å². The summed E-state index contributed by atoms with van der Waals surface area (Å²) in [5.74, 6) is 0. The standard InChI is InChI=1S/C19H36N2O/c22-19(12-6-1-2-7-13-19)16-20-17-10-14-21(15-11-17)18-8-4-3-5-9-18/h17-18,20,22H,1-16H2. The molecule has 128 valence electrons. The molecule has 0 bridgehead atoms. The molecule has 3 heteroatoms. The van der Waals surface area contributed by atoms with Crippen LogP contribution in [0.4, 0.5) is 0 Å². The van der Waals surface area contributed by atoms with Gasteiger partial charge in [-0.3, -0.25) is 0 Å². The van der Waals surface area contributed by atoms with Crippen molar-refractivity contribution in [3.05, 3.63) is 0 Å². The maximum Gasteiger partial charge on any atom is 0.0771 e. The quantitative estimate of drug-likeness (QED) is 0.781. The van der Waals surface area contributed by atoms with Gasteiger partial charge in [0.05, 0.1) is 5.60 Å². The highest BCUT2D eigenvalue weighted by atomic mass is 16.3. The van der Waals surface area contributed by atoms with Crippen LogP contribution < -0.4 is 5.32 Å². The fourth-order valence-electron chi connectivity index (χ4n) is 4.81. The first-order chi connectivity index (χ1) is 10.8. The maximum atomic E-state index is 10.8. The molecule has 2 saturated carbocycles. The van der Waals surface area contributed by atoms with E-state index in [2.05, 4.69) is 10.2 Å². The van der Waals surface area contributed by atoms with E-state index < -0.39 is 5.60 Å². The van der Waals surface area contributed by atoms with Gasteiger partial charge in [-0.15, -0.1) is 0 Å². The van der Waals surface area contributed by atoms with Gasteiger partial charge in [-0.05, 0) is 51.6 Å². The highest BCUT2D eigenvalue weighted by Gasteiger charge is 2.30. The van der Waals surface area contributed by atoms with Crippen molar-refractivity contribution in [2.24, 2.45) is 0 Å². The minimum absolute atomic E-state index is 0.420. The molecule has 0 spiro atoms. The van der Waals surface area contributed by atoms with Crippen molar-refractivity contribution in [2.45, 2.75) is 101 Å². The normalized spacial score (nSPS) is 29.3. The summed E-state index contributed by atoms with van der Waals surface area (Å²) in [7, 11) is 0. The average molecular weight is 309 g/mol. The summed E-state index contributed by atoms with van der Waals surface area (Å²) >= 11 is 0. The molecule has 3 fully saturated rings. The van der Waals surface area contributed by atoms with Crippen molar-refractivity contribution in [3.8, 4) is 0 Å². The van der Waals surface area contributed by atoms with Crippen molar-refractivity contribution < 1.29 is 5.11 Å². The predicted molar refractivity (Wildman–Crippen MR) is 92.1 cm³/mol. The van der Waals surface area contributed by atoms with E-state index in [1.54, 1.807) is 0 Å². The van der Waals surface area contributed by atoms with Gasteiger partial charge in [0.2, 0.25) is 0 Å². The molecule has 0 amide bonds. The fraction of sp³-hybridized carbons (Fsp3) is 1.00. The monoisotopic (exact) mass is 308 g/mol. The summed E-state index contributed by atoms with van der Waals surface area (Å²) in [5.41, 5.74) is -0.420. The largest absolute Gasteiger partial charge is 0.389 e. The lowest BCUT2D eigenvalue weighted by molar-refractivity contribution is 0.0189. The van der Waals surface area contributed by atoms with Crippen LogP contribution in [0.5, 0.6) is 0 Å². The third kappa shape index (κ3) is 4.69. The molecule has 0 aromatic rings. The Balaban J connectivity index is 1.38. The third-order valence-electron chi connectivity index (χ3n) is 6.37. The summed E-state index contributed by atoms with van der Waals surface area (Å²) in [4.78, 5) is 2.75. The lowest BCUT2D eigenvalue weighted by atomic mass is 9.91. The second kappa shape index (κ2) is 8.12. The predicted octanol–water partition coefficient (Wildman–Crippen LogP) is 3.46. The van der Waals surface area contributed by atoms with Gasteiger partial charge in [-0.25, -0.2) is 0 Å². The van der Waals surface area contributed by atoms with Crippen LogP contribution in [0.25, 0.3) is 0 Å². The Labute approximate surface area is 136 Å². The van der Waals surface area contributed by atoms with Crippen LogP contribution in [0.2, 0.25) is 0 Å². The van der Waals surface area contributed by atoms with Crippen molar-refractivity contribution in [1.82, 2.24) is 10.2 Å². The maximum absolute atomic E-state index is 10.8. The first kappa shape index (κ1) is 16.7. The van der Waals surface area contributed by atoms with E-state index in [0.29, 0.717) is 6.04 Å². The number of hydrogen-bond acceptors (Lipinski definition) is 3. The molecule has 0 aromatic heterocycles. The van der Waals surface area contributed by atoms with E-state index in [-0.39, 0.29) is 0 Å². The number of rotatable bonds is 4. The van der Waals surface area contributed by atoms with Gasteiger partial charge >= 0.3 is 0 Å². The molecule has 0 atom stereocenters. The van der Waals surface area contributed by atoms with Crippen molar-refractivity contribution in [2.75, 3.05) is 19.6 Å². The van der Waals surface area contributed by atoms with Gasteiger partial charge < -0.3 is 15.3 Å². The van der Waals surface area contributed by atoms with Crippen molar-refractivity contribution in [3.63, 3.8) is 0 Å². The molecule has 1 saturated heterocycles. The summed E-state index contributed by atoms with van der Waals surface area (Å²) < 4.78 is 0. The summed E-state index contributed by atoms with van der Waals surface area (Å²) in [5, 5.41) is 14.5. The highest BCUT2D eigenvalue weighted by Crippen LogP contribution is 2.28. The summed E-state index contributed by atoms with van der Waals surface area (Å²) in [6.07, 6.45) is 16.8. The van der Waals surface area contributed by atoms with E-state index in [9.17, 15) is 5.11 Å². The van der Waals surface area contributed by atoms with Crippen LogP contribution in [0.1, 0.15) is 83.5 Å². The Morgan fingerprint density at radius 2 is 1.41 bits per heavy atom. The van der Waals surface area contributed by atoms with E-state index in [1.165, 1.54) is 83.7 Å². The minimum Gasteiger partial charge on any atom is -0.389 e. The minimum atomic E-state index is -0.420. The Kier molecular flexibility index (Phi) is 6.17. The molecular formula is C19H36N2O. The van der Waals surface area contributed by atoms with Crippen molar-refractivity contribution in [1.29, 1.82) is 0 Å². The topological polar surface area (TPSA) is 35.5 Å². The number of hydrogen-bond donors (Lipinski definition) is 2. The van der Waals surface area contributed by atoms with E-state index in [4.69, 9.17) is 0 Å². The highest BCUT2D eigenvalue weighted by molar-refractivity contribution is 4.88. The Bertz CT molecular complexity index is 311. The van der Waals surface area contributed by atoms with Crippen LogP contribution >= 0.6 is 0 Å². The molecule has 2 aliphatic carbocycles. The Morgan fingerprint density at radius 3 is 2.05 bits per heavy atom. The molecule has 0 aromatic carbocycles. The Morgan fingerprint density at radius 1 is 0.818 bits per heavy atom. The molecule has 0 unspecified atom stereocenters. The van der Waals surface area contributed by atoms with Gasteiger partial charge in [0.25, 0.3) is 0 Å². The SMILES string of the molecule is OC1(CNC2CCN(C3CCCCC3)CC2)CCCCCC1. The second-order valence-corrected chi connectivity index (χ2v) is 8.12. The number of piperidine rings is 1. The molecule has 3 aliphatic rings. The van der Waals surface area contributed by atoms with Gasteiger partial charge in [-0.1, -0.05) is 44.9 Å². The summed E-state index contributed by atoms with van der Waals surface area (Å²) in [6.45, 7) is 3.35. The van der Waals surface area contributed by atoms with Crippen LogP contribution in [0.3, 0.4) is 0 Å². The fourth-order valence-corrected chi connectivity index (χ4v) is 4.81. The van der Waals surface area contributed by atoms with Crippen LogP contribution in [0.15, 0.2) is 0 Å². The molecule has 3 rings (SSSR count). The zero-order chi connectivity index (χ0) is 15.3. The Hall–Kier alpha value is -0.120. The van der Waals surface area contributed by atoms with Gasteiger partial charge in [0, 0.05) is 18.6 Å². The number of nitrogens with one attached hydrogen (secondary N) is 1. The molecule has 1 heterocycles. The molecular weight excluding hydrogens is 272 g/mol. The zero-order valence-electron chi connectivity index (χ0n) is 14.4. The molecule has 3 nitrogen and oxygen atoms in total. The second-order valence-electron chi connectivity index (χ2n) is 8.12. The third-order valence-corrected chi connectivity index (χ3v) is 6.37. The first-order valence-corrected chi connectivity index (χ1v) is 9.95. The molecule has 1 aliphatic heterocycles.